The summed E-state index contributed by atoms with van der Waals surface area (Å²) in [7, 11) is 0. The van der Waals surface area contributed by atoms with Gasteiger partial charge in [-0.25, -0.2) is 5.43 Å². The smallest absolute Gasteiger partial charge is 0.271 e. The predicted octanol–water partition coefficient (Wildman–Crippen LogP) is 5.18. The van der Waals surface area contributed by atoms with Gasteiger partial charge in [0.15, 0.2) is 0 Å². The van der Waals surface area contributed by atoms with E-state index in [0.29, 0.717) is 16.8 Å². The second-order valence-electron chi connectivity index (χ2n) is 7.02. The van der Waals surface area contributed by atoms with Gasteiger partial charge < -0.3 is 5.32 Å². The molecule has 30 heavy (non-hydrogen) atoms. The van der Waals surface area contributed by atoms with Gasteiger partial charge in [-0.05, 0) is 55.3 Å². The standard InChI is InChI=1S/C25H25N3O2/c1-3-8-23(19-10-5-4-6-11-19)27-28-25(30)20-13-15-22(16-14-20)26-24(29)21-12-7-9-18(2)17-21/h4-7,9-17H,3,8H2,1-2H3,(H,26,29)(H,28,30). The van der Waals surface area contributed by atoms with E-state index in [-0.39, 0.29) is 11.8 Å². The third kappa shape index (κ3) is 5.64. The van der Waals surface area contributed by atoms with Crippen LogP contribution in [0.1, 0.15) is 51.6 Å². The van der Waals surface area contributed by atoms with Crippen molar-refractivity contribution in [1.82, 2.24) is 5.43 Å². The van der Waals surface area contributed by atoms with E-state index in [0.717, 1.165) is 29.7 Å². The van der Waals surface area contributed by atoms with Crippen molar-refractivity contribution >= 4 is 23.2 Å². The molecule has 0 radical (unpaired) electrons. The number of nitrogens with one attached hydrogen (secondary N) is 2. The van der Waals surface area contributed by atoms with Crippen LogP contribution in [0.4, 0.5) is 5.69 Å². The van der Waals surface area contributed by atoms with E-state index in [1.54, 1.807) is 30.3 Å². The minimum Gasteiger partial charge on any atom is -0.322 e. The second-order valence-corrected chi connectivity index (χ2v) is 7.02. The second kappa shape index (κ2) is 10.2. The van der Waals surface area contributed by atoms with Crippen LogP contribution in [0, 0.1) is 6.92 Å². The lowest BCUT2D eigenvalue weighted by atomic mass is 10.1. The van der Waals surface area contributed by atoms with E-state index < -0.39 is 0 Å². The van der Waals surface area contributed by atoms with Gasteiger partial charge in [0, 0.05) is 16.8 Å². The molecule has 0 spiro atoms. The number of hydrazone groups is 1. The zero-order chi connectivity index (χ0) is 21.3. The van der Waals surface area contributed by atoms with Crippen LogP contribution in [0.3, 0.4) is 0 Å². The van der Waals surface area contributed by atoms with Crippen molar-refractivity contribution in [2.24, 2.45) is 5.10 Å². The number of carbonyl (C=O) groups excluding carboxylic acids is 2. The lowest BCUT2D eigenvalue weighted by molar-refractivity contribution is 0.0954. The first-order chi connectivity index (χ1) is 14.6. The molecule has 3 rings (SSSR count). The highest BCUT2D eigenvalue weighted by atomic mass is 16.2. The summed E-state index contributed by atoms with van der Waals surface area (Å²) in [6.07, 6.45) is 1.70. The third-order valence-corrected chi connectivity index (χ3v) is 4.57. The molecule has 0 saturated carbocycles. The van der Waals surface area contributed by atoms with Crippen LogP contribution in [0.25, 0.3) is 0 Å². The van der Waals surface area contributed by atoms with E-state index in [1.807, 2.05) is 55.5 Å². The molecule has 0 saturated heterocycles. The van der Waals surface area contributed by atoms with E-state index in [1.165, 1.54) is 0 Å². The van der Waals surface area contributed by atoms with Crippen LogP contribution >= 0.6 is 0 Å². The number of aryl methyl sites for hydroxylation is 1. The Kier molecular flexibility index (Phi) is 7.11. The molecule has 0 atom stereocenters. The quantitative estimate of drug-likeness (QED) is 0.424. The highest BCUT2D eigenvalue weighted by molar-refractivity contribution is 6.05. The Morgan fingerprint density at radius 1 is 0.800 bits per heavy atom. The highest BCUT2D eigenvalue weighted by Crippen LogP contribution is 2.13. The molecule has 0 bridgehead atoms. The zero-order valence-corrected chi connectivity index (χ0v) is 17.2. The summed E-state index contributed by atoms with van der Waals surface area (Å²) in [6, 6.07) is 23.9. The molecule has 152 valence electrons. The molecule has 5 heteroatoms. The number of anilines is 1. The van der Waals surface area contributed by atoms with Crippen LogP contribution < -0.4 is 10.7 Å². The van der Waals surface area contributed by atoms with E-state index >= 15 is 0 Å². The number of hydrogen-bond donors (Lipinski definition) is 2. The van der Waals surface area contributed by atoms with Crippen LogP contribution in [0.2, 0.25) is 0 Å². The molecule has 5 nitrogen and oxygen atoms in total. The summed E-state index contributed by atoms with van der Waals surface area (Å²) in [6.45, 7) is 4.01. The summed E-state index contributed by atoms with van der Waals surface area (Å²) in [5.74, 6) is -0.483. The highest BCUT2D eigenvalue weighted by Gasteiger charge is 2.09. The molecule has 0 aliphatic rings. The number of amides is 2. The number of benzene rings is 3. The Bertz CT molecular complexity index is 1040. The average molecular weight is 399 g/mol. The fourth-order valence-corrected chi connectivity index (χ4v) is 3.01. The Labute approximate surface area is 176 Å². The normalized spacial score (nSPS) is 11.1. The van der Waals surface area contributed by atoms with Crippen molar-refractivity contribution < 1.29 is 9.59 Å². The van der Waals surface area contributed by atoms with Crippen molar-refractivity contribution in [3.8, 4) is 0 Å². The van der Waals surface area contributed by atoms with Gasteiger partial charge in [-0.15, -0.1) is 0 Å². The predicted molar refractivity (Wildman–Crippen MR) is 121 cm³/mol. The molecule has 2 amide bonds. The van der Waals surface area contributed by atoms with Crippen LogP contribution in [-0.2, 0) is 0 Å². The molecule has 3 aromatic rings. The Morgan fingerprint density at radius 3 is 2.17 bits per heavy atom. The number of nitrogens with zero attached hydrogens (tertiary/aromatic N) is 1. The van der Waals surface area contributed by atoms with Gasteiger partial charge in [0.1, 0.15) is 0 Å². The van der Waals surface area contributed by atoms with E-state index in [9.17, 15) is 9.59 Å². The molecule has 0 unspecified atom stereocenters. The topological polar surface area (TPSA) is 70.6 Å². The summed E-state index contributed by atoms with van der Waals surface area (Å²) >= 11 is 0. The van der Waals surface area contributed by atoms with Crippen molar-refractivity contribution in [3.05, 3.63) is 101 Å². The van der Waals surface area contributed by atoms with Gasteiger partial charge in [-0.1, -0.05) is 61.4 Å². The summed E-state index contributed by atoms with van der Waals surface area (Å²) in [4.78, 5) is 24.8. The van der Waals surface area contributed by atoms with Gasteiger partial charge >= 0.3 is 0 Å². The molecule has 0 aliphatic heterocycles. The van der Waals surface area contributed by atoms with Crippen molar-refractivity contribution in [2.75, 3.05) is 5.32 Å². The fraction of sp³-hybridized carbons (Fsp3) is 0.160. The summed E-state index contributed by atoms with van der Waals surface area (Å²) < 4.78 is 0. The lowest BCUT2D eigenvalue weighted by Gasteiger charge is -2.08. The monoisotopic (exact) mass is 399 g/mol. The first-order valence-electron chi connectivity index (χ1n) is 9.97. The Morgan fingerprint density at radius 2 is 1.50 bits per heavy atom. The van der Waals surface area contributed by atoms with Gasteiger partial charge in [-0.2, -0.15) is 5.10 Å². The van der Waals surface area contributed by atoms with Crippen molar-refractivity contribution in [1.29, 1.82) is 0 Å². The molecular formula is C25H25N3O2. The van der Waals surface area contributed by atoms with Gasteiger partial charge in [-0.3, -0.25) is 9.59 Å². The maximum Gasteiger partial charge on any atom is 0.271 e. The van der Waals surface area contributed by atoms with Crippen molar-refractivity contribution in [2.45, 2.75) is 26.7 Å². The number of carbonyl (C=O) groups is 2. The van der Waals surface area contributed by atoms with E-state index in [2.05, 4.69) is 22.8 Å². The number of rotatable bonds is 7. The summed E-state index contributed by atoms with van der Waals surface area (Å²) in [5.41, 5.74) is 7.18. The number of hydrogen-bond acceptors (Lipinski definition) is 3. The zero-order valence-electron chi connectivity index (χ0n) is 17.2. The van der Waals surface area contributed by atoms with Crippen LogP contribution in [-0.4, -0.2) is 17.5 Å². The maximum absolute atomic E-state index is 12.5. The lowest BCUT2D eigenvalue weighted by Crippen LogP contribution is -2.20. The largest absolute Gasteiger partial charge is 0.322 e. The molecule has 0 heterocycles. The van der Waals surface area contributed by atoms with Gasteiger partial charge in [0.25, 0.3) is 11.8 Å². The SMILES string of the molecule is CCCC(=NNC(=O)c1ccc(NC(=O)c2cccc(C)c2)cc1)c1ccccc1. The summed E-state index contributed by atoms with van der Waals surface area (Å²) in [5, 5.41) is 7.17. The van der Waals surface area contributed by atoms with Crippen LogP contribution in [0.5, 0.6) is 0 Å². The molecule has 2 N–H and O–H groups in total. The molecule has 0 aromatic heterocycles. The Balaban J connectivity index is 1.65. The minimum absolute atomic E-state index is 0.187. The minimum atomic E-state index is -0.295. The third-order valence-electron chi connectivity index (χ3n) is 4.57. The molecule has 0 aliphatic carbocycles. The first-order valence-corrected chi connectivity index (χ1v) is 9.97. The van der Waals surface area contributed by atoms with Crippen molar-refractivity contribution in [3.63, 3.8) is 0 Å². The van der Waals surface area contributed by atoms with Crippen LogP contribution in [0.15, 0.2) is 84.0 Å². The molecule has 0 fully saturated rings. The Hall–Kier alpha value is -3.73. The average Bonchev–Trinajstić information content (AvgIpc) is 2.77. The van der Waals surface area contributed by atoms with E-state index in [4.69, 9.17) is 0 Å². The first kappa shape index (κ1) is 21.0. The van der Waals surface area contributed by atoms with Gasteiger partial charge in [0.05, 0.1) is 5.71 Å². The molecular weight excluding hydrogens is 374 g/mol. The maximum atomic E-state index is 12.5. The fourth-order valence-electron chi connectivity index (χ4n) is 3.01. The molecule has 3 aromatic carbocycles. The van der Waals surface area contributed by atoms with Gasteiger partial charge in [0.2, 0.25) is 0 Å².